The summed E-state index contributed by atoms with van der Waals surface area (Å²) in [6.45, 7) is 6.48. The van der Waals surface area contributed by atoms with Crippen LogP contribution in [0.25, 0.3) is 0 Å². The van der Waals surface area contributed by atoms with E-state index in [9.17, 15) is 9.90 Å². The maximum atomic E-state index is 10.8. The van der Waals surface area contributed by atoms with E-state index >= 15 is 0 Å². The second-order valence-electron chi connectivity index (χ2n) is 4.35. The van der Waals surface area contributed by atoms with E-state index in [1.165, 1.54) is 6.92 Å². The highest BCUT2D eigenvalue weighted by Crippen LogP contribution is 2.16. The summed E-state index contributed by atoms with van der Waals surface area (Å²) >= 11 is 0. The lowest BCUT2D eigenvalue weighted by Crippen LogP contribution is -2.16. The predicted octanol–water partition coefficient (Wildman–Crippen LogP) is 2.28. The quantitative estimate of drug-likeness (QED) is 0.468. The van der Waals surface area contributed by atoms with Crippen LogP contribution in [-0.4, -0.2) is 29.7 Å². The molecule has 4 heteroatoms. The van der Waals surface area contributed by atoms with Gasteiger partial charge in [0.15, 0.2) is 5.78 Å². The van der Waals surface area contributed by atoms with Gasteiger partial charge in [0.25, 0.3) is 0 Å². The summed E-state index contributed by atoms with van der Waals surface area (Å²) in [4.78, 5) is 15.2. The molecule has 0 unspecified atom stereocenters. The number of carbonyl (C=O) groups is 1. The molecule has 0 amide bonds. The Balaban J connectivity index is 2.50. The fourth-order valence-electron chi connectivity index (χ4n) is 1.70. The monoisotopic (exact) mass is 260 g/mol. The third-order valence-electron chi connectivity index (χ3n) is 2.58. The van der Waals surface area contributed by atoms with Crippen LogP contribution in [0.1, 0.15) is 26.3 Å². The second kappa shape index (κ2) is 7.36. The minimum Gasteiger partial charge on any atom is -0.507 e. The van der Waals surface area contributed by atoms with Gasteiger partial charge >= 0.3 is 0 Å². The molecule has 102 valence electrons. The fraction of sp³-hybridized carbons (Fsp3) is 0.333. The summed E-state index contributed by atoms with van der Waals surface area (Å²) in [5.41, 5.74) is 2.38. The Labute approximate surface area is 113 Å². The SMILES string of the molecule is CC(=O)C=C(C)NCCN=C(C)c1ccccc1O. The summed E-state index contributed by atoms with van der Waals surface area (Å²) in [5.74, 6) is 0.267. The van der Waals surface area contributed by atoms with Gasteiger partial charge in [-0.1, -0.05) is 12.1 Å². The number of benzene rings is 1. The number of para-hydroxylation sites is 1. The maximum Gasteiger partial charge on any atom is 0.154 e. The smallest absolute Gasteiger partial charge is 0.154 e. The van der Waals surface area contributed by atoms with E-state index in [0.29, 0.717) is 13.1 Å². The lowest BCUT2D eigenvalue weighted by molar-refractivity contribution is -0.112. The summed E-state index contributed by atoms with van der Waals surface area (Å²) in [5, 5.41) is 12.8. The van der Waals surface area contributed by atoms with Crippen molar-refractivity contribution < 1.29 is 9.90 Å². The molecular weight excluding hydrogens is 240 g/mol. The molecule has 0 aromatic heterocycles. The Morgan fingerprint density at radius 3 is 2.63 bits per heavy atom. The van der Waals surface area contributed by atoms with Gasteiger partial charge in [-0.3, -0.25) is 9.79 Å². The van der Waals surface area contributed by atoms with Gasteiger partial charge in [-0.05, 0) is 39.0 Å². The molecule has 4 nitrogen and oxygen atoms in total. The zero-order chi connectivity index (χ0) is 14.3. The number of carbonyl (C=O) groups excluding carboxylic acids is 1. The Morgan fingerprint density at radius 1 is 1.32 bits per heavy atom. The lowest BCUT2D eigenvalue weighted by Gasteiger charge is -2.06. The van der Waals surface area contributed by atoms with Gasteiger partial charge in [0, 0.05) is 23.5 Å². The number of phenolic OH excluding ortho intramolecular Hbond substituents is 1. The number of nitrogens with zero attached hydrogens (tertiary/aromatic N) is 1. The van der Waals surface area contributed by atoms with E-state index in [0.717, 1.165) is 17.0 Å². The number of rotatable bonds is 6. The fourth-order valence-corrected chi connectivity index (χ4v) is 1.70. The molecule has 1 aromatic rings. The van der Waals surface area contributed by atoms with Crippen molar-refractivity contribution >= 4 is 11.5 Å². The number of hydrogen-bond acceptors (Lipinski definition) is 4. The van der Waals surface area contributed by atoms with E-state index < -0.39 is 0 Å². The van der Waals surface area contributed by atoms with E-state index in [4.69, 9.17) is 0 Å². The Morgan fingerprint density at radius 2 is 2.00 bits per heavy atom. The highest BCUT2D eigenvalue weighted by atomic mass is 16.3. The molecule has 2 N–H and O–H groups in total. The van der Waals surface area contributed by atoms with Crippen LogP contribution in [0.3, 0.4) is 0 Å². The number of phenols is 1. The third-order valence-corrected chi connectivity index (χ3v) is 2.58. The standard InChI is InChI=1S/C15H20N2O2/c1-11(10-12(2)18)16-8-9-17-13(3)14-6-4-5-7-15(14)19/h4-7,10,16,19H,8-9H2,1-3H3. The van der Waals surface area contributed by atoms with Gasteiger partial charge < -0.3 is 10.4 Å². The van der Waals surface area contributed by atoms with Crippen LogP contribution >= 0.6 is 0 Å². The Hall–Kier alpha value is -2.10. The normalized spacial score (nSPS) is 12.4. The van der Waals surface area contributed by atoms with Gasteiger partial charge in [0.1, 0.15) is 5.75 Å². The lowest BCUT2D eigenvalue weighted by atomic mass is 10.1. The number of aromatic hydroxyl groups is 1. The topological polar surface area (TPSA) is 61.7 Å². The highest BCUT2D eigenvalue weighted by molar-refractivity contribution is 6.00. The maximum absolute atomic E-state index is 10.8. The average molecular weight is 260 g/mol. The molecular formula is C15H20N2O2. The van der Waals surface area contributed by atoms with Crippen molar-refractivity contribution in [3.63, 3.8) is 0 Å². The van der Waals surface area contributed by atoms with Crippen LogP contribution in [0, 0.1) is 0 Å². The minimum absolute atomic E-state index is 0.0267. The summed E-state index contributed by atoms with van der Waals surface area (Å²) in [7, 11) is 0. The second-order valence-corrected chi connectivity index (χ2v) is 4.35. The van der Waals surface area contributed by atoms with Gasteiger partial charge in [0.05, 0.1) is 6.54 Å². The third kappa shape index (κ3) is 5.38. The first kappa shape index (κ1) is 15.0. The molecule has 1 rings (SSSR count). The highest BCUT2D eigenvalue weighted by Gasteiger charge is 2.02. The predicted molar refractivity (Wildman–Crippen MR) is 77.6 cm³/mol. The first-order valence-electron chi connectivity index (χ1n) is 6.23. The molecule has 0 atom stereocenters. The first-order chi connectivity index (χ1) is 9.00. The van der Waals surface area contributed by atoms with Crippen LogP contribution in [0.5, 0.6) is 5.75 Å². The van der Waals surface area contributed by atoms with Crippen molar-refractivity contribution in [1.82, 2.24) is 5.32 Å². The minimum atomic E-state index is 0.0267. The van der Waals surface area contributed by atoms with E-state index in [2.05, 4.69) is 10.3 Å². The Bertz CT molecular complexity index is 505. The molecule has 0 aliphatic carbocycles. The number of nitrogens with one attached hydrogen (secondary N) is 1. The van der Waals surface area contributed by atoms with Crippen LogP contribution in [-0.2, 0) is 4.79 Å². The summed E-state index contributed by atoms with van der Waals surface area (Å²) < 4.78 is 0. The van der Waals surface area contributed by atoms with Crippen molar-refractivity contribution in [1.29, 1.82) is 0 Å². The number of allylic oxidation sites excluding steroid dienone is 2. The van der Waals surface area contributed by atoms with Gasteiger partial charge in [-0.2, -0.15) is 0 Å². The molecule has 0 aliphatic rings. The molecule has 0 bridgehead atoms. The molecule has 0 fully saturated rings. The van der Waals surface area contributed by atoms with Gasteiger partial charge in [-0.15, -0.1) is 0 Å². The molecule has 0 radical (unpaired) electrons. The van der Waals surface area contributed by atoms with Crippen molar-refractivity contribution in [2.45, 2.75) is 20.8 Å². The molecule has 0 saturated carbocycles. The van der Waals surface area contributed by atoms with Gasteiger partial charge in [0.2, 0.25) is 0 Å². The molecule has 0 spiro atoms. The number of aliphatic imine (C=N–C) groups is 1. The van der Waals surface area contributed by atoms with Crippen LogP contribution in [0.2, 0.25) is 0 Å². The van der Waals surface area contributed by atoms with Gasteiger partial charge in [-0.25, -0.2) is 0 Å². The largest absolute Gasteiger partial charge is 0.507 e. The summed E-state index contributed by atoms with van der Waals surface area (Å²) in [6.07, 6.45) is 1.56. The molecule has 0 saturated heterocycles. The molecule has 0 aliphatic heterocycles. The number of hydrogen-bond donors (Lipinski definition) is 2. The van der Waals surface area contributed by atoms with E-state index in [1.54, 1.807) is 18.2 Å². The Kier molecular flexibility index (Phi) is 5.79. The van der Waals surface area contributed by atoms with Crippen LogP contribution in [0.4, 0.5) is 0 Å². The first-order valence-corrected chi connectivity index (χ1v) is 6.23. The molecule has 0 heterocycles. The average Bonchev–Trinajstić information content (AvgIpc) is 2.34. The van der Waals surface area contributed by atoms with E-state index in [-0.39, 0.29) is 11.5 Å². The van der Waals surface area contributed by atoms with Crippen molar-refractivity contribution in [3.8, 4) is 5.75 Å². The zero-order valence-electron chi connectivity index (χ0n) is 11.6. The van der Waals surface area contributed by atoms with Crippen LogP contribution < -0.4 is 5.32 Å². The van der Waals surface area contributed by atoms with Crippen molar-refractivity contribution in [2.24, 2.45) is 4.99 Å². The summed E-state index contributed by atoms with van der Waals surface area (Å²) in [6, 6.07) is 7.13. The molecule has 19 heavy (non-hydrogen) atoms. The van der Waals surface area contributed by atoms with Crippen molar-refractivity contribution in [2.75, 3.05) is 13.1 Å². The van der Waals surface area contributed by atoms with Crippen molar-refractivity contribution in [3.05, 3.63) is 41.6 Å². The van der Waals surface area contributed by atoms with Crippen LogP contribution in [0.15, 0.2) is 41.0 Å². The van der Waals surface area contributed by atoms with E-state index in [1.807, 2.05) is 26.0 Å². The molecule has 1 aromatic carbocycles. The number of ketones is 1. The zero-order valence-corrected chi connectivity index (χ0v) is 11.6.